The van der Waals surface area contributed by atoms with Gasteiger partial charge in [0.05, 0.1) is 0 Å². The van der Waals surface area contributed by atoms with Gasteiger partial charge in [-0.2, -0.15) is 0 Å². The van der Waals surface area contributed by atoms with Crippen LogP contribution in [0, 0.1) is 0 Å². The van der Waals surface area contributed by atoms with Crippen LogP contribution in [0.3, 0.4) is 0 Å². The standard InChI is InChI=1S/C12H12O3S/c13-12(16(14)15)9-5-4-8-11(12)10-6-2-1-3-7-10/h1-9,11,13H,(H,14,15). The lowest BCUT2D eigenvalue weighted by atomic mass is 9.89. The van der Waals surface area contributed by atoms with Crippen LogP contribution in [0.1, 0.15) is 11.5 Å². The summed E-state index contributed by atoms with van der Waals surface area (Å²) in [7, 11) is 0. The smallest absolute Gasteiger partial charge is 0.194 e. The number of benzene rings is 1. The SMILES string of the molecule is O=S(O)C1(O)C=CC=CC1c1ccccc1. The maximum atomic E-state index is 11.2. The fourth-order valence-corrected chi connectivity index (χ4v) is 2.41. The topological polar surface area (TPSA) is 57.5 Å². The Bertz CT molecular complexity index is 453. The molecule has 2 rings (SSSR count). The zero-order chi connectivity index (χ0) is 11.6. The largest absolute Gasteiger partial charge is 0.371 e. The maximum absolute atomic E-state index is 11.2. The molecule has 0 saturated heterocycles. The van der Waals surface area contributed by atoms with Crippen molar-refractivity contribution in [2.45, 2.75) is 10.9 Å². The summed E-state index contributed by atoms with van der Waals surface area (Å²) in [4.78, 5) is -1.74. The van der Waals surface area contributed by atoms with E-state index in [1.165, 1.54) is 6.08 Å². The number of aliphatic hydroxyl groups is 1. The molecule has 0 amide bonds. The first-order chi connectivity index (χ1) is 7.64. The zero-order valence-electron chi connectivity index (χ0n) is 8.48. The Morgan fingerprint density at radius 2 is 1.88 bits per heavy atom. The lowest BCUT2D eigenvalue weighted by molar-refractivity contribution is 0.154. The van der Waals surface area contributed by atoms with E-state index in [1.807, 2.05) is 30.3 Å². The summed E-state index contributed by atoms with van der Waals surface area (Å²) in [6.45, 7) is 0. The van der Waals surface area contributed by atoms with Gasteiger partial charge in [-0.15, -0.1) is 0 Å². The minimum atomic E-state index is -2.33. The molecule has 0 saturated carbocycles. The van der Waals surface area contributed by atoms with Gasteiger partial charge in [-0.3, -0.25) is 0 Å². The average molecular weight is 236 g/mol. The fraction of sp³-hybridized carbons (Fsp3) is 0.167. The molecule has 3 unspecified atom stereocenters. The van der Waals surface area contributed by atoms with Gasteiger partial charge in [0, 0.05) is 5.92 Å². The summed E-state index contributed by atoms with van der Waals surface area (Å²) >= 11 is -2.33. The minimum absolute atomic E-state index is 0.496. The molecule has 1 aliphatic carbocycles. The van der Waals surface area contributed by atoms with Crippen LogP contribution in [0.25, 0.3) is 0 Å². The first-order valence-corrected chi connectivity index (χ1v) is 5.99. The van der Waals surface area contributed by atoms with E-state index in [-0.39, 0.29) is 0 Å². The molecule has 0 bridgehead atoms. The number of hydrogen-bond acceptors (Lipinski definition) is 2. The Morgan fingerprint density at radius 1 is 1.19 bits per heavy atom. The van der Waals surface area contributed by atoms with Crippen molar-refractivity contribution in [3.63, 3.8) is 0 Å². The van der Waals surface area contributed by atoms with Crippen LogP contribution in [-0.4, -0.2) is 18.8 Å². The van der Waals surface area contributed by atoms with Crippen molar-refractivity contribution in [2.24, 2.45) is 0 Å². The monoisotopic (exact) mass is 236 g/mol. The van der Waals surface area contributed by atoms with Crippen LogP contribution in [0.15, 0.2) is 54.6 Å². The number of hydrogen-bond donors (Lipinski definition) is 2. The van der Waals surface area contributed by atoms with Gasteiger partial charge in [-0.05, 0) is 11.6 Å². The Morgan fingerprint density at radius 3 is 2.50 bits per heavy atom. The van der Waals surface area contributed by atoms with Crippen molar-refractivity contribution in [2.75, 3.05) is 0 Å². The third-order valence-corrected chi connectivity index (χ3v) is 3.58. The second-order valence-electron chi connectivity index (χ2n) is 3.63. The van der Waals surface area contributed by atoms with Gasteiger partial charge >= 0.3 is 0 Å². The van der Waals surface area contributed by atoms with Gasteiger partial charge in [0.1, 0.15) is 0 Å². The number of rotatable bonds is 2. The van der Waals surface area contributed by atoms with E-state index in [9.17, 15) is 13.9 Å². The van der Waals surface area contributed by atoms with Gasteiger partial charge in [0.2, 0.25) is 0 Å². The van der Waals surface area contributed by atoms with E-state index in [1.54, 1.807) is 18.2 Å². The number of allylic oxidation sites excluding steroid dienone is 2. The van der Waals surface area contributed by atoms with Crippen molar-refractivity contribution < 1.29 is 13.9 Å². The molecular weight excluding hydrogens is 224 g/mol. The predicted octanol–water partition coefficient (Wildman–Crippen LogP) is 1.81. The fourth-order valence-electron chi connectivity index (χ4n) is 1.79. The van der Waals surface area contributed by atoms with E-state index < -0.39 is 21.9 Å². The highest BCUT2D eigenvalue weighted by molar-refractivity contribution is 7.80. The molecule has 3 atom stereocenters. The molecule has 3 nitrogen and oxygen atoms in total. The Balaban J connectivity index is 2.44. The van der Waals surface area contributed by atoms with E-state index in [0.29, 0.717) is 0 Å². The molecule has 1 aromatic rings. The average Bonchev–Trinajstić information content (AvgIpc) is 2.30. The molecule has 84 valence electrons. The van der Waals surface area contributed by atoms with Gasteiger partial charge in [-0.25, -0.2) is 4.21 Å². The Kier molecular flexibility index (Phi) is 3.05. The molecule has 0 fully saturated rings. The van der Waals surface area contributed by atoms with Gasteiger partial charge < -0.3 is 9.66 Å². The molecule has 1 aliphatic rings. The highest BCUT2D eigenvalue weighted by Gasteiger charge is 2.40. The molecule has 1 aromatic carbocycles. The molecule has 0 heterocycles. The van der Waals surface area contributed by atoms with E-state index in [0.717, 1.165) is 5.56 Å². The van der Waals surface area contributed by atoms with Crippen LogP contribution in [0.4, 0.5) is 0 Å². The quantitative estimate of drug-likeness (QED) is 0.770. The lowest BCUT2D eigenvalue weighted by Gasteiger charge is -2.30. The third-order valence-electron chi connectivity index (χ3n) is 2.63. The highest BCUT2D eigenvalue weighted by Crippen LogP contribution is 2.35. The van der Waals surface area contributed by atoms with Crippen LogP contribution < -0.4 is 0 Å². The summed E-state index contributed by atoms with van der Waals surface area (Å²) in [6, 6.07) is 9.18. The van der Waals surface area contributed by atoms with Crippen molar-refractivity contribution in [3.8, 4) is 0 Å². The van der Waals surface area contributed by atoms with Gasteiger partial charge in [-0.1, -0.05) is 48.6 Å². The van der Waals surface area contributed by atoms with Crippen molar-refractivity contribution in [1.82, 2.24) is 0 Å². The lowest BCUT2D eigenvalue weighted by Crippen LogP contribution is -2.38. The second kappa shape index (κ2) is 4.33. The molecular formula is C12H12O3S. The highest BCUT2D eigenvalue weighted by atomic mass is 32.2. The molecule has 0 radical (unpaired) electrons. The summed E-state index contributed by atoms with van der Waals surface area (Å²) in [5.41, 5.74) is 0.813. The van der Waals surface area contributed by atoms with Crippen molar-refractivity contribution >= 4 is 11.1 Å². The summed E-state index contributed by atoms with van der Waals surface area (Å²) in [6.07, 6.45) is 6.43. The van der Waals surface area contributed by atoms with E-state index in [2.05, 4.69) is 0 Å². The molecule has 0 aromatic heterocycles. The van der Waals surface area contributed by atoms with Crippen molar-refractivity contribution in [1.29, 1.82) is 0 Å². The molecule has 16 heavy (non-hydrogen) atoms. The Hall–Kier alpha value is -1.23. The molecule has 0 aliphatic heterocycles. The summed E-state index contributed by atoms with van der Waals surface area (Å²) < 4.78 is 20.4. The summed E-state index contributed by atoms with van der Waals surface area (Å²) in [5, 5.41) is 10.2. The Labute approximate surface area is 96.4 Å². The summed E-state index contributed by atoms with van der Waals surface area (Å²) in [5.74, 6) is -0.496. The predicted molar refractivity (Wildman–Crippen MR) is 63.2 cm³/mol. The second-order valence-corrected chi connectivity index (χ2v) is 4.79. The molecule has 2 N–H and O–H groups in total. The van der Waals surface area contributed by atoms with Gasteiger partial charge in [0.15, 0.2) is 16.0 Å². The first kappa shape index (κ1) is 11.3. The van der Waals surface area contributed by atoms with Crippen molar-refractivity contribution in [3.05, 3.63) is 60.2 Å². The van der Waals surface area contributed by atoms with Crippen LogP contribution in [0.5, 0.6) is 0 Å². The van der Waals surface area contributed by atoms with Gasteiger partial charge in [0.25, 0.3) is 0 Å². The minimum Gasteiger partial charge on any atom is -0.371 e. The van der Waals surface area contributed by atoms with Crippen LogP contribution >= 0.6 is 0 Å². The maximum Gasteiger partial charge on any atom is 0.194 e. The third kappa shape index (κ3) is 1.87. The van der Waals surface area contributed by atoms with E-state index in [4.69, 9.17) is 0 Å². The zero-order valence-corrected chi connectivity index (χ0v) is 9.30. The first-order valence-electron chi connectivity index (χ1n) is 4.89. The molecule has 4 heteroatoms. The van der Waals surface area contributed by atoms with Crippen LogP contribution in [-0.2, 0) is 11.1 Å². The van der Waals surface area contributed by atoms with Crippen LogP contribution in [0.2, 0.25) is 0 Å². The molecule has 0 spiro atoms. The van der Waals surface area contributed by atoms with E-state index >= 15 is 0 Å². The normalized spacial score (nSPS) is 30.2.